The first-order chi connectivity index (χ1) is 14.4. The van der Waals surface area contributed by atoms with Crippen molar-refractivity contribution in [2.45, 2.75) is 37.6 Å². The van der Waals surface area contributed by atoms with E-state index in [4.69, 9.17) is 21.7 Å². The topological polar surface area (TPSA) is 109 Å². The van der Waals surface area contributed by atoms with Gasteiger partial charge < -0.3 is 10.1 Å². The number of H-pyrrole nitrogens is 1. The van der Waals surface area contributed by atoms with Gasteiger partial charge in [0.2, 0.25) is 5.91 Å². The summed E-state index contributed by atoms with van der Waals surface area (Å²) in [4.78, 5) is 17.3. The number of halogens is 1. The van der Waals surface area contributed by atoms with Gasteiger partial charge in [-0.25, -0.2) is 4.98 Å². The van der Waals surface area contributed by atoms with Crippen LogP contribution < -0.4 is 10.8 Å². The molecule has 0 aliphatic carbocycles. The number of hydrogen-bond acceptors (Lipinski definition) is 6. The summed E-state index contributed by atoms with van der Waals surface area (Å²) < 4.78 is 6.72. The van der Waals surface area contributed by atoms with Crippen LogP contribution in [-0.2, 0) is 9.53 Å². The zero-order valence-corrected chi connectivity index (χ0v) is 18.9. The van der Waals surface area contributed by atoms with Crippen molar-refractivity contribution in [1.82, 2.24) is 25.1 Å². The fourth-order valence-corrected chi connectivity index (χ4v) is 4.24. The van der Waals surface area contributed by atoms with Gasteiger partial charge in [-0.2, -0.15) is 5.10 Å². The van der Waals surface area contributed by atoms with Gasteiger partial charge in [-0.1, -0.05) is 36.4 Å². The Morgan fingerprint density at radius 1 is 1.43 bits per heavy atom. The summed E-state index contributed by atoms with van der Waals surface area (Å²) in [6.07, 6.45) is 0.602. The molecule has 1 atom stereocenters. The lowest BCUT2D eigenvalue weighted by molar-refractivity contribution is -0.120. The number of nitrogens with zero attached hydrogens (tertiary/aromatic N) is 3. The van der Waals surface area contributed by atoms with E-state index in [2.05, 4.69) is 20.5 Å². The molecule has 0 bridgehead atoms. The second kappa shape index (κ2) is 9.63. The van der Waals surface area contributed by atoms with Crippen LogP contribution in [0.5, 0.6) is 0 Å². The molecule has 0 fully saturated rings. The van der Waals surface area contributed by atoms with Crippen LogP contribution in [0.25, 0.3) is 16.7 Å². The zero-order valence-electron chi connectivity index (χ0n) is 17.4. The lowest BCUT2D eigenvalue weighted by Crippen LogP contribution is -2.35. The van der Waals surface area contributed by atoms with Crippen molar-refractivity contribution in [3.8, 4) is 5.69 Å². The molecule has 8 nitrogen and oxygen atoms in total. The van der Waals surface area contributed by atoms with E-state index >= 15 is 0 Å². The first kappa shape index (κ1) is 22.3. The molecule has 0 spiro atoms. The SMILES string of the molecule is CCC(Sc1nc2n[nH]c(C)c2c(=N)n1-c1ccc(C)c(Cl)c1)C(=O)NCCOC. The number of aromatic amines is 1. The number of amides is 1. The second-order valence-electron chi connectivity index (χ2n) is 6.86. The summed E-state index contributed by atoms with van der Waals surface area (Å²) in [6.45, 7) is 6.61. The lowest BCUT2D eigenvalue weighted by Gasteiger charge is -2.18. The van der Waals surface area contributed by atoms with Gasteiger partial charge in [-0.3, -0.25) is 19.9 Å². The van der Waals surface area contributed by atoms with Gasteiger partial charge in [0.05, 0.1) is 22.9 Å². The zero-order chi connectivity index (χ0) is 21.8. The molecular formula is C20H25ClN6O2S. The molecule has 0 aliphatic heterocycles. The average Bonchev–Trinajstić information content (AvgIpc) is 3.09. The third-order valence-electron chi connectivity index (χ3n) is 4.71. The van der Waals surface area contributed by atoms with E-state index in [-0.39, 0.29) is 16.6 Å². The van der Waals surface area contributed by atoms with E-state index < -0.39 is 0 Å². The van der Waals surface area contributed by atoms with E-state index in [1.807, 2.05) is 39.0 Å². The smallest absolute Gasteiger partial charge is 0.233 e. The molecule has 1 amide bonds. The molecule has 2 heterocycles. The van der Waals surface area contributed by atoms with Gasteiger partial charge >= 0.3 is 0 Å². The molecule has 10 heteroatoms. The number of thioether (sulfide) groups is 1. The van der Waals surface area contributed by atoms with Crippen LogP contribution in [0.3, 0.4) is 0 Å². The molecule has 3 N–H and O–H groups in total. The van der Waals surface area contributed by atoms with Gasteiger partial charge in [-0.05, 0) is 38.0 Å². The molecule has 1 unspecified atom stereocenters. The molecule has 0 aliphatic rings. The number of ether oxygens (including phenoxy) is 1. The van der Waals surface area contributed by atoms with Crippen LogP contribution in [0.1, 0.15) is 24.6 Å². The van der Waals surface area contributed by atoms with Crippen molar-refractivity contribution in [2.75, 3.05) is 20.3 Å². The van der Waals surface area contributed by atoms with Crippen LogP contribution in [0.15, 0.2) is 23.4 Å². The van der Waals surface area contributed by atoms with Crippen LogP contribution in [0, 0.1) is 19.3 Å². The van der Waals surface area contributed by atoms with Crippen LogP contribution >= 0.6 is 23.4 Å². The van der Waals surface area contributed by atoms with E-state index in [0.717, 1.165) is 11.3 Å². The van der Waals surface area contributed by atoms with Gasteiger partial charge in [0.25, 0.3) is 0 Å². The molecule has 160 valence electrons. The predicted octanol–water partition coefficient (Wildman–Crippen LogP) is 3.13. The molecule has 3 aromatic rings. The minimum atomic E-state index is -0.376. The molecule has 3 rings (SSSR count). The second-order valence-corrected chi connectivity index (χ2v) is 8.43. The Morgan fingerprint density at radius 3 is 2.87 bits per heavy atom. The number of aryl methyl sites for hydroxylation is 2. The standard InChI is InChI=1S/C20H25ClN6O2S/c1-5-15(19(28)23-8-9-29-4)30-20-24-18-16(12(3)25-26-18)17(22)27(20)13-7-6-11(2)14(21)10-13/h6-7,10,15,22H,5,8-9H2,1-4H3,(H,23,28)(H,25,26). The summed E-state index contributed by atoms with van der Waals surface area (Å²) in [5.74, 6) is -0.0975. The van der Waals surface area contributed by atoms with E-state index in [0.29, 0.717) is 46.5 Å². The Kier molecular flexibility index (Phi) is 7.17. The van der Waals surface area contributed by atoms with Crippen LogP contribution in [0.4, 0.5) is 0 Å². The van der Waals surface area contributed by atoms with Gasteiger partial charge in [0.15, 0.2) is 10.8 Å². The number of benzene rings is 1. The van der Waals surface area contributed by atoms with Crippen molar-refractivity contribution in [3.05, 3.63) is 40.0 Å². The maximum atomic E-state index is 12.6. The number of nitrogens with one attached hydrogen (secondary N) is 3. The minimum Gasteiger partial charge on any atom is -0.383 e. The Balaban J connectivity index is 2.09. The summed E-state index contributed by atoms with van der Waals surface area (Å²) >= 11 is 7.66. The van der Waals surface area contributed by atoms with Crippen molar-refractivity contribution in [2.24, 2.45) is 0 Å². The van der Waals surface area contributed by atoms with Gasteiger partial charge in [0, 0.05) is 24.4 Å². The third-order valence-corrected chi connectivity index (χ3v) is 6.44. The number of carbonyl (C=O) groups is 1. The molecule has 30 heavy (non-hydrogen) atoms. The fourth-order valence-electron chi connectivity index (χ4n) is 3.01. The number of methoxy groups -OCH3 is 1. The quantitative estimate of drug-likeness (QED) is 0.278. The number of fused-ring (bicyclic) bond motifs is 1. The lowest BCUT2D eigenvalue weighted by atomic mass is 10.2. The largest absolute Gasteiger partial charge is 0.383 e. The van der Waals surface area contributed by atoms with Crippen molar-refractivity contribution >= 4 is 40.3 Å². The van der Waals surface area contributed by atoms with Gasteiger partial charge in [0.1, 0.15) is 5.49 Å². The van der Waals surface area contributed by atoms with Crippen molar-refractivity contribution < 1.29 is 9.53 Å². The summed E-state index contributed by atoms with van der Waals surface area (Å²) in [6, 6.07) is 5.60. The predicted molar refractivity (Wildman–Crippen MR) is 118 cm³/mol. The molecule has 2 aromatic heterocycles. The highest BCUT2D eigenvalue weighted by Gasteiger charge is 2.23. The van der Waals surface area contributed by atoms with Crippen LogP contribution in [-0.4, -0.2) is 51.2 Å². The first-order valence-electron chi connectivity index (χ1n) is 9.59. The summed E-state index contributed by atoms with van der Waals surface area (Å²) in [7, 11) is 1.59. The first-order valence-corrected chi connectivity index (χ1v) is 10.8. The fraction of sp³-hybridized carbons (Fsp3) is 0.400. The van der Waals surface area contributed by atoms with E-state index in [1.165, 1.54) is 11.8 Å². The van der Waals surface area contributed by atoms with Crippen molar-refractivity contribution in [1.29, 1.82) is 5.41 Å². The minimum absolute atomic E-state index is 0.0975. The Hall–Kier alpha value is -2.36. The number of rotatable bonds is 8. The highest BCUT2D eigenvalue weighted by Crippen LogP contribution is 2.28. The summed E-state index contributed by atoms with van der Waals surface area (Å²) in [5.41, 5.74) is 3.10. The average molecular weight is 449 g/mol. The highest BCUT2D eigenvalue weighted by molar-refractivity contribution is 8.00. The Bertz CT molecular complexity index is 1130. The monoisotopic (exact) mass is 448 g/mol. The maximum Gasteiger partial charge on any atom is 0.233 e. The summed E-state index contributed by atoms with van der Waals surface area (Å²) in [5, 5.41) is 20.2. The Morgan fingerprint density at radius 2 is 2.20 bits per heavy atom. The van der Waals surface area contributed by atoms with E-state index in [1.54, 1.807) is 11.7 Å². The maximum absolute atomic E-state index is 12.6. The molecule has 0 saturated carbocycles. The van der Waals surface area contributed by atoms with E-state index in [9.17, 15) is 4.79 Å². The highest BCUT2D eigenvalue weighted by atomic mass is 35.5. The van der Waals surface area contributed by atoms with Crippen LogP contribution in [0.2, 0.25) is 5.02 Å². The molecule has 0 saturated heterocycles. The van der Waals surface area contributed by atoms with Gasteiger partial charge in [-0.15, -0.1) is 0 Å². The Labute approximate surface area is 183 Å². The number of aromatic nitrogens is 4. The normalized spacial score (nSPS) is 12.3. The molecule has 1 aromatic carbocycles. The third kappa shape index (κ3) is 4.53. The molecular weight excluding hydrogens is 424 g/mol. The molecule has 0 radical (unpaired) electrons. The number of carbonyl (C=O) groups excluding carboxylic acids is 1. The number of hydrogen-bond donors (Lipinski definition) is 3. The van der Waals surface area contributed by atoms with Crippen molar-refractivity contribution in [3.63, 3.8) is 0 Å².